The molecule has 0 aliphatic carbocycles. The summed E-state index contributed by atoms with van der Waals surface area (Å²) in [6.45, 7) is 1.06. The number of carbonyl (C=O) groups is 1. The van der Waals surface area contributed by atoms with Crippen LogP contribution in [0.2, 0.25) is 0 Å². The van der Waals surface area contributed by atoms with Crippen molar-refractivity contribution in [2.75, 3.05) is 27.2 Å². The summed E-state index contributed by atoms with van der Waals surface area (Å²) in [7, 11) is 3.81. The quantitative estimate of drug-likeness (QED) is 0.640. The van der Waals surface area contributed by atoms with Crippen LogP contribution in [0.3, 0.4) is 0 Å². The lowest BCUT2D eigenvalue weighted by Crippen LogP contribution is -2.20. The number of nitrogens with zero attached hydrogens (tertiary/aromatic N) is 3. The fraction of sp³-hybridized carbons (Fsp3) is 0.571. The fourth-order valence-corrected chi connectivity index (χ4v) is 0.696. The number of esters is 1. The molecule has 0 bridgehead atoms. The molecule has 0 aliphatic heterocycles. The average molecular weight is 184 g/mol. The van der Waals surface area contributed by atoms with E-state index in [0.29, 0.717) is 13.2 Å². The SMILES string of the molecule is CN(C)CCOC(=O)c1c[nH]nn1. The Labute approximate surface area is 75.9 Å². The third-order valence-corrected chi connectivity index (χ3v) is 1.40. The third-order valence-electron chi connectivity index (χ3n) is 1.40. The van der Waals surface area contributed by atoms with Gasteiger partial charge in [-0.3, -0.25) is 5.10 Å². The molecule has 13 heavy (non-hydrogen) atoms. The van der Waals surface area contributed by atoms with Crippen molar-refractivity contribution in [3.63, 3.8) is 0 Å². The zero-order valence-electron chi connectivity index (χ0n) is 7.65. The predicted molar refractivity (Wildman–Crippen MR) is 45.2 cm³/mol. The lowest BCUT2D eigenvalue weighted by atomic mass is 10.5. The van der Waals surface area contributed by atoms with E-state index in [0.717, 1.165) is 0 Å². The molecule has 1 heterocycles. The van der Waals surface area contributed by atoms with Crippen molar-refractivity contribution < 1.29 is 9.53 Å². The van der Waals surface area contributed by atoms with Gasteiger partial charge in [0.25, 0.3) is 0 Å². The van der Waals surface area contributed by atoms with Crippen LogP contribution in [0.25, 0.3) is 0 Å². The van der Waals surface area contributed by atoms with E-state index >= 15 is 0 Å². The van der Waals surface area contributed by atoms with Crippen LogP contribution in [0.15, 0.2) is 6.20 Å². The normalized spacial score (nSPS) is 10.4. The molecular weight excluding hydrogens is 172 g/mol. The molecule has 0 saturated heterocycles. The first-order valence-corrected chi connectivity index (χ1v) is 3.88. The Bertz CT molecular complexity index is 257. The minimum absolute atomic E-state index is 0.207. The lowest BCUT2D eigenvalue weighted by Gasteiger charge is -2.08. The van der Waals surface area contributed by atoms with E-state index in [1.165, 1.54) is 6.20 Å². The van der Waals surface area contributed by atoms with Gasteiger partial charge in [0.2, 0.25) is 0 Å². The van der Waals surface area contributed by atoms with E-state index in [1.807, 2.05) is 19.0 Å². The Hall–Kier alpha value is -1.43. The van der Waals surface area contributed by atoms with Crippen molar-refractivity contribution in [3.8, 4) is 0 Å². The second-order valence-electron chi connectivity index (χ2n) is 2.80. The molecule has 1 N–H and O–H groups in total. The summed E-state index contributed by atoms with van der Waals surface area (Å²) in [5.41, 5.74) is 0.207. The Morgan fingerprint density at radius 2 is 2.46 bits per heavy atom. The van der Waals surface area contributed by atoms with Gasteiger partial charge in [-0.15, -0.1) is 5.10 Å². The smallest absolute Gasteiger partial charge is 0.360 e. The number of aromatic nitrogens is 3. The van der Waals surface area contributed by atoms with Crippen LogP contribution in [-0.2, 0) is 4.74 Å². The van der Waals surface area contributed by atoms with Crippen LogP contribution in [0.4, 0.5) is 0 Å². The molecule has 0 unspecified atom stereocenters. The van der Waals surface area contributed by atoms with Gasteiger partial charge < -0.3 is 9.64 Å². The van der Waals surface area contributed by atoms with Gasteiger partial charge in [-0.05, 0) is 14.1 Å². The van der Waals surface area contributed by atoms with Crippen molar-refractivity contribution in [2.45, 2.75) is 0 Å². The summed E-state index contributed by atoms with van der Waals surface area (Å²) < 4.78 is 4.89. The number of rotatable bonds is 4. The van der Waals surface area contributed by atoms with E-state index in [2.05, 4.69) is 15.4 Å². The summed E-state index contributed by atoms with van der Waals surface area (Å²) in [5, 5.41) is 9.36. The Balaban J connectivity index is 2.27. The van der Waals surface area contributed by atoms with E-state index in [1.54, 1.807) is 0 Å². The molecule has 0 atom stereocenters. The highest BCUT2D eigenvalue weighted by Crippen LogP contribution is 1.92. The average Bonchev–Trinajstić information content (AvgIpc) is 2.55. The minimum atomic E-state index is -0.449. The van der Waals surface area contributed by atoms with Crippen molar-refractivity contribution >= 4 is 5.97 Å². The van der Waals surface area contributed by atoms with Gasteiger partial charge >= 0.3 is 5.97 Å². The number of ether oxygens (including phenoxy) is 1. The molecule has 0 spiro atoms. The predicted octanol–water partition coefficient (Wildman–Crippen LogP) is -0.477. The first-order valence-electron chi connectivity index (χ1n) is 3.88. The molecule has 0 amide bonds. The molecule has 6 nitrogen and oxygen atoms in total. The number of hydrogen-bond acceptors (Lipinski definition) is 5. The largest absolute Gasteiger partial charge is 0.460 e. The second-order valence-corrected chi connectivity index (χ2v) is 2.80. The van der Waals surface area contributed by atoms with Gasteiger partial charge in [-0.25, -0.2) is 4.79 Å². The van der Waals surface area contributed by atoms with Crippen molar-refractivity contribution in [1.29, 1.82) is 0 Å². The number of H-pyrrole nitrogens is 1. The van der Waals surface area contributed by atoms with Crippen LogP contribution in [-0.4, -0.2) is 53.5 Å². The van der Waals surface area contributed by atoms with Crippen molar-refractivity contribution in [1.82, 2.24) is 20.3 Å². The van der Waals surface area contributed by atoms with Crippen LogP contribution >= 0.6 is 0 Å². The summed E-state index contributed by atoms with van der Waals surface area (Å²) >= 11 is 0. The molecule has 0 aromatic carbocycles. The topological polar surface area (TPSA) is 71.1 Å². The Kier molecular flexibility index (Phi) is 3.39. The first-order chi connectivity index (χ1) is 6.20. The maximum absolute atomic E-state index is 11.1. The molecule has 6 heteroatoms. The highest BCUT2D eigenvalue weighted by molar-refractivity contribution is 5.86. The number of nitrogens with one attached hydrogen (secondary N) is 1. The summed E-state index contributed by atoms with van der Waals surface area (Å²) in [6.07, 6.45) is 1.40. The zero-order valence-corrected chi connectivity index (χ0v) is 7.65. The number of aromatic amines is 1. The highest BCUT2D eigenvalue weighted by Gasteiger charge is 2.09. The minimum Gasteiger partial charge on any atom is -0.460 e. The number of likely N-dealkylation sites (N-methyl/N-ethyl adjacent to an activating group) is 1. The van der Waals surface area contributed by atoms with Crippen LogP contribution in [0.1, 0.15) is 10.5 Å². The van der Waals surface area contributed by atoms with Gasteiger partial charge in [0.15, 0.2) is 5.69 Å². The summed E-state index contributed by atoms with van der Waals surface area (Å²) in [6, 6.07) is 0. The monoisotopic (exact) mass is 184 g/mol. The first kappa shape index (κ1) is 9.66. The van der Waals surface area contributed by atoms with E-state index in [-0.39, 0.29) is 5.69 Å². The van der Waals surface area contributed by atoms with Crippen molar-refractivity contribution in [2.24, 2.45) is 0 Å². The molecule has 0 fully saturated rings. The standard InChI is InChI=1S/C7H12N4O2/c1-11(2)3-4-13-7(12)6-5-8-10-9-6/h5H,3-4H2,1-2H3,(H,8,9,10). The Morgan fingerprint density at radius 3 is 3.00 bits per heavy atom. The molecule has 0 aliphatic rings. The number of carbonyl (C=O) groups excluding carboxylic acids is 1. The van der Waals surface area contributed by atoms with Crippen LogP contribution in [0, 0.1) is 0 Å². The molecular formula is C7H12N4O2. The van der Waals surface area contributed by atoms with Gasteiger partial charge in [0.05, 0.1) is 6.20 Å². The summed E-state index contributed by atoms with van der Waals surface area (Å²) in [5.74, 6) is -0.449. The Morgan fingerprint density at radius 1 is 1.69 bits per heavy atom. The van der Waals surface area contributed by atoms with E-state index in [4.69, 9.17) is 4.74 Å². The van der Waals surface area contributed by atoms with Gasteiger partial charge in [-0.1, -0.05) is 5.21 Å². The van der Waals surface area contributed by atoms with Gasteiger partial charge in [-0.2, -0.15) is 0 Å². The van der Waals surface area contributed by atoms with Crippen LogP contribution < -0.4 is 0 Å². The van der Waals surface area contributed by atoms with E-state index < -0.39 is 5.97 Å². The maximum Gasteiger partial charge on any atom is 0.360 e. The maximum atomic E-state index is 11.1. The number of hydrogen-bond donors (Lipinski definition) is 1. The second kappa shape index (κ2) is 4.56. The fourth-order valence-electron chi connectivity index (χ4n) is 0.696. The molecule has 0 saturated carbocycles. The van der Waals surface area contributed by atoms with Crippen LogP contribution in [0.5, 0.6) is 0 Å². The highest BCUT2D eigenvalue weighted by atomic mass is 16.5. The molecule has 1 aromatic rings. The molecule has 1 rings (SSSR count). The molecule has 0 radical (unpaired) electrons. The van der Waals surface area contributed by atoms with Crippen molar-refractivity contribution in [3.05, 3.63) is 11.9 Å². The summed E-state index contributed by atoms with van der Waals surface area (Å²) in [4.78, 5) is 13.1. The van der Waals surface area contributed by atoms with Gasteiger partial charge in [0, 0.05) is 6.54 Å². The third kappa shape index (κ3) is 3.20. The van der Waals surface area contributed by atoms with Gasteiger partial charge in [0.1, 0.15) is 6.61 Å². The molecule has 1 aromatic heterocycles. The van der Waals surface area contributed by atoms with E-state index in [9.17, 15) is 4.79 Å². The zero-order chi connectivity index (χ0) is 9.68. The lowest BCUT2D eigenvalue weighted by molar-refractivity contribution is 0.0475. The molecule has 72 valence electrons.